The van der Waals surface area contributed by atoms with Crippen molar-refractivity contribution in [2.45, 2.75) is 19.4 Å². The molecule has 27 heavy (non-hydrogen) atoms. The number of halogens is 4. The van der Waals surface area contributed by atoms with Gasteiger partial charge in [-0.2, -0.15) is 13.2 Å². The molecule has 0 saturated carbocycles. The molecule has 0 bridgehead atoms. The average molecular weight is 514 g/mol. The average Bonchev–Trinajstić information content (AvgIpc) is 2.54. The van der Waals surface area contributed by atoms with E-state index in [9.17, 15) is 22.8 Å². The fourth-order valence-electron chi connectivity index (χ4n) is 1.66. The first-order chi connectivity index (χ1) is 12.3. The maximum Gasteiger partial charge on any atom is 0.485 e. The molecular formula is C17H14F3IO5S. The zero-order chi connectivity index (χ0) is 20.8. The fraction of sp³-hybridized carbons (Fsp3) is 0.176. The van der Waals surface area contributed by atoms with E-state index < -0.39 is 15.6 Å². The lowest BCUT2D eigenvalue weighted by Crippen LogP contribution is -3.61. The Hall–Kier alpha value is -1.79. The molecule has 0 fully saturated rings. The third kappa shape index (κ3) is 7.77. The van der Waals surface area contributed by atoms with Crippen LogP contribution in [0.3, 0.4) is 0 Å². The van der Waals surface area contributed by atoms with E-state index in [-0.39, 0.29) is 32.8 Å². The highest BCUT2D eigenvalue weighted by atomic mass is 127. The largest absolute Gasteiger partial charge is 0.741 e. The quantitative estimate of drug-likeness (QED) is 0.253. The standard InChI is InChI=1S/C16H14IO2.CHF3O3S/c1-11(18)13-5-3-7-15(9-13)17-16-8-4-6-14(10-16)12(2)19;2-1(3,4)8(5,6)7/h3-10H,1-2H3;(H,5,6,7)/q+1;/p-1. The lowest BCUT2D eigenvalue weighted by Gasteiger charge is -2.08. The predicted octanol–water partition coefficient (Wildman–Crippen LogP) is 0.272. The van der Waals surface area contributed by atoms with E-state index in [0.717, 1.165) is 11.1 Å². The second-order valence-corrected chi connectivity index (χ2v) is 9.53. The minimum absolute atomic E-state index is 0.0864. The van der Waals surface area contributed by atoms with Crippen LogP contribution in [0.15, 0.2) is 48.5 Å². The van der Waals surface area contributed by atoms with E-state index in [0.29, 0.717) is 0 Å². The molecule has 146 valence electrons. The van der Waals surface area contributed by atoms with Crippen LogP contribution in [0.25, 0.3) is 0 Å². The van der Waals surface area contributed by atoms with Gasteiger partial charge in [0, 0.05) is 23.3 Å². The lowest BCUT2D eigenvalue weighted by atomic mass is 10.2. The normalized spacial score (nSPS) is 11.3. The third-order valence-corrected chi connectivity index (χ3v) is 6.12. The Balaban J connectivity index is 0.000000387. The van der Waals surface area contributed by atoms with Crippen molar-refractivity contribution in [2.24, 2.45) is 0 Å². The van der Waals surface area contributed by atoms with E-state index in [1.807, 2.05) is 48.5 Å². The van der Waals surface area contributed by atoms with Crippen LogP contribution in [0, 0.1) is 7.14 Å². The molecular weight excluding hydrogens is 500 g/mol. The summed E-state index contributed by atoms with van der Waals surface area (Å²) in [5.41, 5.74) is -4.15. The molecule has 0 aliphatic rings. The summed E-state index contributed by atoms with van der Waals surface area (Å²) >= 11 is -0.360. The van der Waals surface area contributed by atoms with Crippen LogP contribution in [-0.2, 0) is 10.1 Å². The van der Waals surface area contributed by atoms with Crippen molar-refractivity contribution in [3.8, 4) is 0 Å². The minimum atomic E-state index is -6.09. The SMILES string of the molecule is CC(=O)c1cccc([I+]c2cccc(C(C)=O)c2)c1.O=S(=O)([O-])C(F)(F)F. The van der Waals surface area contributed by atoms with Gasteiger partial charge >= 0.3 is 26.7 Å². The summed E-state index contributed by atoms with van der Waals surface area (Å²) < 4.78 is 61.3. The van der Waals surface area contributed by atoms with Gasteiger partial charge in [-0.1, -0.05) is 24.3 Å². The molecule has 0 atom stereocenters. The van der Waals surface area contributed by atoms with E-state index >= 15 is 0 Å². The smallest absolute Gasteiger partial charge is 0.485 e. The summed E-state index contributed by atoms with van der Waals surface area (Å²) in [4.78, 5) is 22.7. The molecule has 0 aliphatic carbocycles. The number of carbonyl (C=O) groups is 2. The highest BCUT2D eigenvalue weighted by Crippen LogP contribution is 2.20. The second kappa shape index (κ2) is 9.42. The first kappa shape index (κ1) is 23.2. The number of Topliss-reactive ketones (excluding diaryl/α,β-unsaturated/α-hetero) is 2. The van der Waals surface area contributed by atoms with Crippen molar-refractivity contribution in [3.63, 3.8) is 0 Å². The van der Waals surface area contributed by atoms with Gasteiger partial charge < -0.3 is 4.55 Å². The van der Waals surface area contributed by atoms with Crippen LogP contribution in [0.4, 0.5) is 13.2 Å². The van der Waals surface area contributed by atoms with Gasteiger partial charge in [0.25, 0.3) is 0 Å². The molecule has 0 radical (unpaired) electrons. The van der Waals surface area contributed by atoms with Crippen LogP contribution >= 0.6 is 0 Å². The van der Waals surface area contributed by atoms with E-state index in [2.05, 4.69) is 0 Å². The molecule has 2 aromatic carbocycles. The van der Waals surface area contributed by atoms with Gasteiger partial charge in [-0.25, -0.2) is 8.42 Å². The van der Waals surface area contributed by atoms with Crippen LogP contribution in [0.2, 0.25) is 0 Å². The number of carbonyl (C=O) groups excluding carboxylic acids is 2. The fourth-order valence-corrected chi connectivity index (χ4v) is 4.13. The minimum Gasteiger partial charge on any atom is -0.741 e. The molecule has 0 aliphatic heterocycles. The van der Waals surface area contributed by atoms with Gasteiger partial charge in [0.1, 0.15) is 0 Å². The predicted molar refractivity (Wildman–Crippen MR) is 86.0 cm³/mol. The third-order valence-electron chi connectivity index (χ3n) is 2.96. The molecule has 0 N–H and O–H groups in total. The van der Waals surface area contributed by atoms with Crippen molar-refractivity contribution < 1.29 is 56.9 Å². The first-order valence-corrected chi connectivity index (χ1v) is 10.8. The van der Waals surface area contributed by atoms with Gasteiger partial charge in [0.2, 0.25) is 0 Å². The molecule has 10 heteroatoms. The van der Waals surface area contributed by atoms with Crippen LogP contribution in [-0.4, -0.2) is 30.0 Å². The Kier molecular flexibility index (Phi) is 8.11. The lowest BCUT2D eigenvalue weighted by molar-refractivity contribution is -0.597. The number of ketones is 2. The highest BCUT2D eigenvalue weighted by molar-refractivity contribution is 7.86. The summed E-state index contributed by atoms with van der Waals surface area (Å²) in [5, 5.41) is 0. The summed E-state index contributed by atoms with van der Waals surface area (Å²) in [5.74, 6) is 0.173. The molecule has 0 saturated heterocycles. The Morgan fingerprint density at radius 3 is 1.48 bits per heavy atom. The van der Waals surface area contributed by atoms with Gasteiger partial charge in [-0.15, -0.1) is 0 Å². The molecule has 0 spiro atoms. The highest BCUT2D eigenvalue weighted by Gasteiger charge is 2.36. The van der Waals surface area contributed by atoms with Crippen LogP contribution < -0.4 is 21.2 Å². The molecule has 2 rings (SSSR count). The summed E-state index contributed by atoms with van der Waals surface area (Å²) in [7, 11) is -6.09. The molecule has 0 amide bonds. The number of alkyl halides is 3. The van der Waals surface area contributed by atoms with Crippen molar-refractivity contribution in [1.82, 2.24) is 0 Å². The Morgan fingerprint density at radius 2 is 1.22 bits per heavy atom. The van der Waals surface area contributed by atoms with Gasteiger partial charge in [-0.05, 0) is 26.0 Å². The van der Waals surface area contributed by atoms with Crippen LogP contribution in [0.5, 0.6) is 0 Å². The van der Waals surface area contributed by atoms with Gasteiger partial charge in [0.15, 0.2) is 28.8 Å². The Bertz CT molecular complexity index is 884. The molecule has 5 nitrogen and oxygen atoms in total. The monoisotopic (exact) mass is 514 g/mol. The topological polar surface area (TPSA) is 91.3 Å². The second-order valence-electron chi connectivity index (χ2n) is 5.13. The van der Waals surface area contributed by atoms with Crippen molar-refractivity contribution in [3.05, 3.63) is 66.8 Å². The molecule has 0 unspecified atom stereocenters. The van der Waals surface area contributed by atoms with E-state index in [1.165, 1.54) is 7.14 Å². The van der Waals surface area contributed by atoms with Crippen molar-refractivity contribution in [1.29, 1.82) is 0 Å². The molecule has 0 heterocycles. The molecule has 0 aromatic heterocycles. The van der Waals surface area contributed by atoms with Gasteiger partial charge in [0.05, 0.1) is 0 Å². The number of hydrogen-bond donors (Lipinski definition) is 0. The first-order valence-electron chi connectivity index (χ1n) is 7.20. The summed E-state index contributed by atoms with van der Waals surface area (Å²) in [6.45, 7) is 3.15. The maximum atomic E-state index is 11.4. The Labute approximate surface area is 164 Å². The molecule has 2 aromatic rings. The number of benzene rings is 2. The zero-order valence-electron chi connectivity index (χ0n) is 14.1. The van der Waals surface area contributed by atoms with Crippen molar-refractivity contribution in [2.75, 3.05) is 0 Å². The van der Waals surface area contributed by atoms with Crippen molar-refractivity contribution >= 4 is 21.7 Å². The zero-order valence-corrected chi connectivity index (χ0v) is 17.1. The maximum absolute atomic E-state index is 11.4. The number of hydrogen-bond acceptors (Lipinski definition) is 5. The summed E-state index contributed by atoms with van der Waals surface area (Å²) in [6.07, 6.45) is 0. The van der Waals surface area contributed by atoms with E-state index in [4.69, 9.17) is 13.0 Å². The van der Waals surface area contributed by atoms with Gasteiger partial charge in [-0.3, -0.25) is 9.59 Å². The van der Waals surface area contributed by atoms with E-state index in [1.54, 1.807) is 13.8 Å². The Morgan fingerprint density at radius 1 is 0.889 bits per heavy atom. The van der Waals surface area contributed by atoms with Crippen LogP contribution in [0.1, 0.15) is 34.6 Å². The summed E-state index contributed by atoms with van der Waals surface area (Å²) in [6, 6.07) is 15.5. The number of rotatable bonds is 4.